The molecule has 0 aromatic heterocycles. The van der Waals surface area contributed by atoms with Crippen LogP contribution in [0.2, 0.25) is 0 Å². The van der Waals surface area contributed by atoms with Crippen LogP contribution in [0.3, 0.4) is 0 Å². The van der Waals surface area contributed by atoms with Gasteiger partial charge in [0.25, 0.3) is 6.47 Å². The van der Waals surface area contributed by atoms with Crippen molar-refractivity contribution in [2.24, 2.45) is 0 Å². The van der Waals surface area contributed by atoms with E-state index in [1.807, 2.05) is 0 Å². The molecular weight excluding hydrogens is 156 g/mol. The summed E-state index contributed by atoms with van der Waals surface area (Å²) in [6.45, 7) is 6.56. The summed E-state index contributed by atoms with van der Waals surface area (Å²) in [4.78, 5) is 9.91. The Morgan fingerprint density at radius 2 is 2.25 bits per heavy atom. The molecule has 0 aliphatic rings. The van der Waals surface area contributed by atoms with Crippen molar-refractivity contribution in [3.63, 3.8) is 0 Å². The molecule has 1 unspecified atom stereocenters. The molecule has 0 aliphatic carbocycles. The quantitative estimate of drug-likeness (QED) is 0.243. The number of hydrogen-bond acceptors (Lipinski definition) is 3. The van der Waals surface area contributed by atoms with E-state index in [-0.39, 0.29) is 0 Å². The Bertz CT molecular complexity index is 123. The van der Waals surface area contributed by atoms with Crippen LogP contribution >= 0.6 is 0 Å². The van der Waals surface area contributed by atoms with E-state index < -0.39 is 6.29 Å². The minimum Gasteiger partial charge on any atom is -0.434 e. The Hall–Kier alpha value is -0.830. The van der Waals surface area contributed by atoms with Crippen molar-refractivity contribution in [2.75, 3.05) is 6.61 Å². The number of rotatable bonds is 8. The van der Waals surface area contributed by atoms with Gasteiger partial charge in [0.15, 0.2) is 0 Å². The second-order valence-corrected chi connectivity index (χ2v) is 2.41. The summed E-state index contributed by atoms with van der Waals surface area (Å²) in [5, 5.41) is 0. The monoisotopic (exact) mass is 172 g/mol. The molecule has 0 spiro atoms. The van der Waals surface area contributed by atoms with Crippen molar-refractivity contribution >= 4 is 6.47 Å². The van der Waals surface area contributed by atoms with Gasteiger partial charge in [0, 0.05) is 0 Å². The maximum Gasteiger partial charge on any atom is 0.295 e. The molecule has 0 aromatic rings. The molecule has 0 saturated carbocycles. The summed E-state index contributed by atoms with van der Waals surface area (Å²) in [5.41, 5.74) is 0. The first-order valence-electron chi connectivity index (χ1n) is 4.18. The van der Waals surface area contributed by atoms with Crippen LogP contribution in [-0.2, 0) is 14.3 Å². The molecule has 0 rings (SSSR count). The Morgan fingerprint density at radius 3 is 2.75 bits per heavy atom. The lowest BCUT2D eigenvalue weighted by molar-refractivity contribution is -0.153. The lowest BCUT2D eigenvalue weighted by Crippen LogP contribution is -2.13. The van der Waals surface area contributed by atoms with Crippen molar-refractivity contribution in [3.8, 4) is 0 Å². The fraction of sp³-hybridized carbons (Fsp3) is 0.667. The van der Waals surface area contributed by atoms with Gasteiger partial charge in [-0.25, -0.2) is 0 Å². The molecule has 1 atom stereocenters. The van der Waals surface area contributed by atoms with Gasteiger partial charge in [0.1, 0.15) is 0 Å². The van der Waals surface area contributed by atoms with Crippen LogP contribution in [0.4, 0.5) is 0 Å². The number of ether oxygens (including phenoxy) is 2. The first-order chi connectivity index (χ1) is 5.85. The van der Waals surface area contributed by atoms with E-state index in [9.17, 15) is 4.79 Å². The second-order valence-electron chi connectivity index (χ2n) is 2.41. The van der Waals surface area contributed by atoms with E-state index in [0.29, 0.717) is 13.1 Å². The molecule has 3 heteroatoms. The van der Waals surface area contributed by atoms with Crippen LogP contribution in [0, 0.1) is 0 Å². The van der Waals surface area contributed by atoms with Crippen molar-refractivity contribution in [2.45, 2.75) is 32.5 Å². The van der Waals surface area contributed by atoms with Gasteiger partial charge in [-0.1, -0.05) is 26.3 Å². The first-order valence-corrected chi connectivity index (χ1v) is 4.18. The highest BCUT2D eigenvalue weighted by Crippen LogP contribution is 1.99. The van der Waals surface area contributed by atoms with Crippen LogP contribution in [0.1, 0.15) is 26.2 Å². The molecule has 0 fully saturated rings. The van der Waals surface area contributed by atoms with Crippen molar-refractivity contribution in [1.82, 2.24) is 0 Å². The van der Waals surface area contributed by atoms with Crippen LogP contribution < -0.4 is 0 Å². The van der Waals surface area contributed by atoms with Crippen LogP contribution in [0.5, 0.6) is 0 Å². The SMILES string of the molecule is C=CC(OC=O)OCCCCC. The molecule has 0 saturated heterocycles. The molecule has 0 aliphatic heterocycles. The van der Waals surface area contributed by atoms with Crippen molar-refractivity contribution < 1.29 is 14.3 Å². The zero-order valence-electron chi connectivity index (χ0n) is 7.49. The van der Waals surface area contributed by atoms with E-state index in [4.69, 9.17) is 4.74 Å². The lowest BCUT2D eigenvalue weighted by atomic mass is 10.3. The highest BCUT2D eigenvalue weighted by molar-refractivity contribution is 5.37. The number of carbonyl (C=O) groups excluding carboxylic acids is 1. The van der Waals surface area contributed by atoms with Gasteiger partial charge in [0.2, 0.25) is 6.29 Å². The largest absolute Gasteiger partial charge is 0.434 e. The third-order valence-electron chi connectivity index (χ3n) is 1.41. The predicted molar refractivity (Wildman–Crippen MR) is 46.6 cm³/mol. The fourth-order valence-electron chi connectivity index (χ4n) is 0.769. The summed E-state index contributed by atoms with van der Waals surface area (Å²) in [5.74, 6) is 0. The number of hydrogen-bond donors (Lipinski definition) is 0. The third-order valence-corrected chi connectivity index (χ3v) is 1.41. The molecule has 0 bridgehead atoms. The maximum absolute atomic E-state index is 9.91. The van der Waals surface area contributed by atoms with Gasteiger partial charge < -0.3 is 9.47 Å². The lowest BCUT2D eigenvalue weighted by Gasteiger charge is -2.10. The zero-order valence-corrected chi connectivity index (χ0v) is 7.49. The third kappa shape index (κ3) is 5.92. The average molecular weight is 172 g/mol. The number of carbonyl (C=O) groups is 1. The summed E-state index contributed by atoms with van der Waals surface area (Å²) in [6, 6.07) is 0. The molecule has 3 nitrogen and oxygen atoms in total. The minimum atomic E-state index is -0.584. The van der Waals surface area contributed by atoms with Crippen molar-refractivity contribution in [1.29, 1.82) is 0 Å². The van der Waals surface area contributed by atoms with Crippen LogP contribution in [0.25, 0.3) is 0 Å². The fourth-order valence-corrected chi connectivity index (χ4v) is 0.769. The van der Waals surface area contributed by atoms with Crippen LogP contribution in [0.15, 0.2) is 12.7 Å². The first kappa shape index (κ1) is 11.2. The van der Waals surface area contributed by atoms with Crippen molar-refractivity contribution in [3.05, 3.63) is 12.7 Å². The molecule has 0 heterocycles. The van der Waals surface area contributed by atoms with Gasteiger partial charge in [-0.15, -0.1) is 0 Å². The van der Waals surface area contributed by atoms with E-state index in [1.54, 1.807) is 0 Å². The number of unbranched alkanes of at least 4 members (excludes halogenated alkanes) is 2. The smallest absolute Gasteiger partial charge is 0.295 e. The normalized spacial score (nSPS) is 12.1. The standard InChI is InChI=1S/C9H16O3/c1-3-5-6-7-11-9(4-2)12-8-10/h4,8-9H,2-3,5-7H2,1H3. The van der Waals surface area contributed by atoms with E-state index >= 15 is 0 Å². The molecule has 0 aromatic carbocycles. The summed E-state index contributed by atoms with van der Waals surface area (Å²) in [7, 11) is 0. The van der Waals surface area contributed by atoms with E-state index in [1.165, 1.54) is 6.08 Å². The highest BCUT2D eigenvalue weighted by Gasteiger charge is 2.01. The Balaban J connectivity index is 3.31. The molecule has 0 radical (unpaired) electrons. The minimum absolute atomic E-state index is 0.367. The predicted octanol–water partition coefficient (Wildman–Crippen LogP) is 1.88. The summed E-state index contributed by atoms with van der Waals surface area (Å²) in [6.07, 6.45) is 4.14. The highest BCUT2D eigenvalue weighted by atomic mass is 16.7. The van der Waals surface area contributed by atoms with Gasteiger partial charge in [-0.3, -0.25) is 4.79 Å². The van der Waals surface area contributed by atoms with Crippen LogP contribution in [-0.4, -0.2) is 19.4 Å². The second kappa shape index (κ2) is 8.27. The zero-order chi connectivity index (χ0) is 9.23. The van der Waals surface area contributed by atoms with E-state index in [2.05, 4.69) is 18.2 Å². The summed E-state index contributed by atoms with van der Waals surface area (Å²) >= 11 is 0. The average Bonchev–Trinajstić information content (AvgIpc) is 2.10. The van der Waals surface area contributed by atoms with Gasteiger partial charge in [-0.05, 0) is 12.5 Å². The Labute approximate surface area is 73.4 Å². The summed E-state index contributed by atoms with van der Waals surface area (Å²) < 4.78 is 9.71. The topological polar surface area (TPSA) is 35.5 Å². The molecule has 0 amide bonds. The van der Waals surface area contributed by atoms with Gasteiger partial charge >= 0.3 is 0 Å². The molecule has 12 heavy (non-hydrogen) atoms. The molecule has 0 N–H and O–H groups in total. The van der Waals surface area contributed by atoms with E-state index in [0.717, 1.165) is 19.3 Å². The Kier molecular flexibility index (Phi) is 7.70. The Morgan fingerprint density at radius 1 is 1.50 bits per heavy atom. The maximum atomic E-state index is 9.91. The van der Waals surface area contributed by atoms with Gasteiger partial charge in [0.05, 0.1) is 6.61 Å². The molecular formula is C9H16O3. The molecule has 70 valence electrons. The van der Waals surface area contributed by atoms with Gasteiger partial charge in [-0.2, -0.15) is 0 Å².